The Labute approximate surface area is 169 Å². The highest BCUT2D eigenvalue weighted by molar-refractivity contribution is 5.81. The van der Waals surface area contributed by atoms with Gasteiger partial charge in [-0.1, -0.05) is 62.4 Å². The molecule has 3 aliphatic rings. The van der Waals surface area contributed by atoms with Gasteiger partial charge >= 0.3 is 5.97 Å². The summed E-state index contributed by atoms with van der Waals surface area (Å²) >= 11 is 0. The molecule has 2 bridgehead atoms. The molecule has 1 aromatic carbocycles. The lowest BCUT2D eigenvalue weighted by molar-refractivity contribution is -0.176. The molecule has 1 aliphatic carbocycles. The van der Waals surface area contributed by atoms with Gasteiger partial charge in [0, 0.05) is 24.5 Å². The molecule has 0 aromatic heterocycles. The molecule has 1 saturated carbocycles. The predicted molar refractivity (Wildman–Crippen MR) is 110 cm³/mol. The molecule has 28 heavy (non-hydrogen) atoms. The summed E-state index contributed by atoms with van der Waals surface area (Å²) in [4.78, 5) is 15.7. The van der Waals surface area contributed by atoms with Gasteiger partial charge in [-0.15, -0.1) is 0 Å². The molecule has 1 atom stereocenters. The van der Waals surface area contributed by atoms with E-state index in [9.17, 15) is 9.90 Å². The summed E-state index contributed by atoms with van der Waals surface area (Å²) in [5.41, 5.74) is -0.832. The molecule has 4 nitrogen and oxygen atoms in total. The molecule has 154 valence electrons. The predicted octanol–water partition coefficient (Wildman–Crippen LogP) is 4.40. The van der Waals surface area contributed by atoms with E-state index in [1.807, 2.05) is 30.3 Å². The molecule has 4 rings (SSSR count). The average Bonchev–Trinajstić information content (AvgIpc) is 2.74. The summed E-state index contributed by atoms with van der Waals surface area (Å²) in [5.74, 6) is -0.502. The maximum atomic E-state index is 13.2. The van der Waals surface area contributed by atoms with E-state index in [1.54, 1.807) is 0 Å². The van der Waals surface area contributed by atoms with Crippen molar-refractivity contribution in [1.82, 2.24) is 4.90 Å². The summed E-state index contributed by atoms with van der Waals surface area (Å²) in [6, 6.07) is 10.8. The molecule has 1 N–H and O–H groups in total. The molecule has 0 radical (unpaired) electrons. The number of carbonyl (C=O) groups is 1. The summed E-state index contributed by atoms with van der Waals surface area (Å²) in [6.45, 7) is 1.18. The van der Waals surface area contributed by atoms with Crippen molar-refractivity contribution < 1.29 is 14.6 Å². The van der Waals surface area contributed by atoms with Crippen molar-refractivity contribution in [2.45, 2.75) is 88.3 Å². The average molecular weight is 386 g/mol. The smallest absolute Gasteiger partial charge is 0.343 e. The lowest BCUT2D eigenvalue weighted by Crippen LogP contribution is -2.51. The number of benzene rings is 1. The Balaban J connectivity index is 1.42. The fraction of sp³-hybridized carbons (Fsp3) is 0.708. The molecule has 2 aliphatic heterocycles. The number of hydrogen-bond donors (Lipinski definition) is 1. The van der Waals surface area contributed by atoms with Gasteiger partial charge in [-0.3, -0.25) is 4.90 Å². The van der Waals surface area contributed by atoms with Crippen LogP contribution in [0.25, 0.3) is 0 Å². The SMILES string of the molecule is O=C(OCCN1C2CCCC1CCC2)C(O)(c1ccccc1)C1CCCCC1. The number of aliphatic hydroxyl groups is 1. The molecule has 2 saturated heterocycles. The van der Waals surface area contributed by atoms with Gasteiger partial charge in [0.2, 0.25) is 0 Å². The fourth-order valence-corrected chi connectivity index (χ4v) is 5.88. The van der Waals surface area contributed by atoms with Crippen LogP contribution >= 0.6 is 0 Å². The largest absolute Gasteiger partial charge is 0.462 e. The van der Waals surface area contributed by atoms with E-state index in [-0.39, 0.29) is 5.92 Å². The second-order valence-electron chi connectivity index (χ2n) is 9.01. The Kier molecular flexibility index (Phi) is 6.37. The first kappa shape index (κ1) is 19.9. The van der Waals surface area contributed by atoms with Crippen LogP contribution < -0.4 is 0 Å². The molecule has 2 heterocycles. The first-order chi connectivity index (χ1) is 13.7. The minimum absolute atomic E-state index is 0.0504. The first-order valence-corrected chi connectivity index (χ1v) is 11.4. The summed E-state index contributed by atoms with van der Waals surface area (Å²) < 4.78 is 5.75. The lowest BCUT2D eigenvalue weighted by atomic mass is 9.73. The fourth-order valence-electron chi connectivity index (χ4n) is 5.88. The van der Waals surface area contributed by atoms with Crippen LogP contribution in [0.2, 0.25) is 0 Å². The number of esters is 1. The van der Waals surface area contributed by atoms with E-state index in [0.29, 0.717) is 24.3 Å². The third-order valence-electron chi connectivity index (χ3n) is 7.39. The molecule has 1 aromatic rings. The van der Waals surface area contributed by atoms with Crippen molar-refractivity contribution in [3.8, 4) is 0 Å². The van der Waals surface area contributed by atoms with Crippen LogP contribution in [0.5, 0.6) is 0 Å². The van der Waals surface area contributed by atoms with Crippen LogP contribution in [0.15, 0.2) is 30.3 Å². The van der Waals surface area contributed by atoms with Crippen LogP contribution in [-0.4, -0.2) is 41.2 Å². The van der Waals surface area contributed by atoms with Crippen molar-refractivity contribution in [2.24, 2.45) is 5.92 Å². The molecule has 0 amide bonds. The van der Waals surface area contributed by atoms with Crippen LogP contribution in [0, 0.1) is 5.92 Å². The minimum atomic E-state index is -1.51. The van der Waals surface area contributed by atoms with Crippen LogP contribution in [-0.2, 0) is 15.1 Å². The second kappa shape index (κ2) is 8.96. The van der Waals surface area contributed by atoms with Gasteiger partial charge in [-0.2, -0.15) is 0 Å². The first-order valence-electron chi connectivity index (χ1n) is 11.4. The Morgan fingerprint density at radius 3 is 2.14 bits per heavy atom. The Hall–Kier alpha value is -1.39. The number of ether oxygens (including phenoxy) is 1. The van der Waals surface area contributed by atoms with E-state index in [4.69, 9.17) is 4.74 Å². The van der Waals surface area contributed by atoms with Crippen molar-refractivity contribution in [3.05, 3.63) is 35.9 Å². The Bertz CT molecular complexity index is 621. The van der Waals surface area contributed by atoms with Crippen molar-refractivity contribution in [1.29, 1.82) is 0 Å². The third kappa shape index (κ3) is 3.99. The van der Waals surface area contributed by atoms with Crippen LogP contribution in [0.4, 0.5) is 0 Å². The van der Waals surface area contributed by atoms with Gasteiger partial charge in [0.25, 0.3) is 0 Å². The zero-order valence-corrected chi connectivity index (χ0v) is 17.0. The van der Waals surface area contributed by atoms with Gasteiger partial charge in [0.05, 0.1) is 0 Å². The molecular formula is C24H35NO3. The standard InChI is InChI=1S/C24H35NO3/c26-23(28-18-17-25-21-13-7-14-22(25)16-8-15-21)24(27,19-9-3-1-4-10-19)20-11-5-2-6-12-20/h1,3-4,9-10,20-22,27H,2,5-8,11-18H2. The second-order valence-corrected chi connectivity index (χ2v) is 9.01. The zero-order valence-electron chi connectivity index (χ0n) is 17.0. The van der Waals surface area contributed by atoms with E-state index < -0.39 is 11.6 Å². The van der Waals surface area contributed by atoms with Crippen molar-refractivity contribution in [2.75, 3.05) is 13.2 Å². The summed E-state index contributed by atoms with van der Waals surface area (Å²) in [5, 5.41) is 11.6. The molecule has 3 fully saturated rings. The van der Waals surface area contributed by atoms with E-state index in [1.165, 1.54) is 44.9 Å². The highest BCUT2D eigenvalue weighted by Crippen LogP contribution is 2.40. The lowest BCUT2D eigenvalue weighted by Gasteiger charge is -2.46. The molecule has 4 heteroatoms. The van der Waals surface area contributed by atoms with Gasteiger partial charge < -0.3 is 9.84 Å². The summed E-state index contributed by atoms with van der Waals surface area (Å²) in [6.07, 6.45) is 12.9. The molecular weight excluding hydrogens is 350 g/mol. The van der Waals surface area contributed by atoms with Gasteiger partial charge in [0.15, 0.2) is 5.60 Å². The zero-order chi connectivity index (χ0) is 19.4. The maximum Gasteiger partial charge on any atom is 0.343 e. The van der Waals surface area contributed by atoms with Gasteiger partial charge in [0.1, 0.15) is 6.61 Å². The van der Waals surface area contributed by atoms with E-state index >= 15 is 0 Å². The van der Waals surface area contributed by atoms with E-state index in [0.717, 1.165) is 32.2 Å². The number of piperidine rings is 2. The van der Waals surface area contributed by atoms with Gasteiger partial charge in [-0.05, 0) is 44.1 Å². The monoisotopic (exact) mass is 385 g/mol. The Morgan fingerprint density at radius 2 is 1.54 bits per heavy atom. The van der Waals surface area contributed by atoms with Crippen molar-refractivity contribution in [3.63, 3.8) is 0 Å². The van der Waals surface area contributed by atoms with Crippen LogP contribution in [0.1, 0.15) is 76.2 Å². The van der Waals surface area contributed by atoms with Gasteiger partial charge in [-0.25, -0.2) is 4.79 Å². The minimum Gasteiger partial charge on any atom is -0.462 e. The number of nitrogens with zero attached hydrogens (tertiary/aromatic N) is 1. The maximum absolute atomic E-state index is 13.2. The number of fused-ring (bicyclic) bond motifs is 2. The number of hydrogen-bond acceptors (Lipinski definition) is 4. The number of rotatable bonds is 6. The van der Waals surface area contributed by atoms with E-state index in [2.05, 4.69) is 4.90 Å². The topological polar surface area (TPSA) is 49.8 Å². The molecule has 0 spiro atoms. The number of carbonyl (C=O) groups excluding carboxylic acids is 1. The Morgan fingerprint density at radius 1 is 0.929 bits per heavy atom. The van der Waals surface area contributed by atoms with Crippen LogP contribution in [0.3, 0.4) is 0 Å². The van der Waals surface area contributed by atoms with Crippen molar-refractivity contribution >= 4 is 5.97 Å². The normalized spacial score (nSPS) is 28.5. The summed E-state index contributed by atoms with van der Waals surface area (Å²) in [7, 11) is 0. The quantitative estimate of drug-likeness (QED) is 0.737. The molecule has 1 unspecified atom stereocenters. The highest BCUT2D eigenvalue weighted by atomic mass is 16.5. The highest BCUT2D eigenvalue weighted by Gasteiger charge is 2.47. The third-order valence-corrected chi connectivity index (χ3v) is 7.39.